The summed E-state index contributed by atoms with van der Waals surface area (Å²) in [5.74, 6) is 2.86. The Morgan fingerprint density at radius 1 is 0.833 bits per heavy atom. The van der Waals surface area contributed by atoms with Crippen LogP contribution in [0.5, 0.6) is 17.2 Å². The lowest BCUT2D eigenvalue weighted by molar-refractivity contribution is 0.356. The van der Waals surface area contributed by atoms with E-state index in [-0.39, 0.29) is 0 Å². The molecule has 0 saturated carbocycles. The average Bonchev–Trinajstić information content (AvgIpc) is 3.20. The number of hydrogen-bond donors (Lipinski definition) is 1. The molecule has 150 valence electrons. The number of ether oxygens (including phenoxy) is 3. The highest BCUT2D eigenvalue weighted by Crippen LogP contribution is 2.41. The molecule has 0 bridgehead atoms. The van der Waals surface area contributed by atoms with Gasteiger partial charge in [0.25, 0.3) is 0 Å². The Kier molecular flexibility index (Phi) is 4.47. The van der Waals surface area contributed by atoms with Crippen LogP contribution in [0.4, 0.5) is 0 Å². The molecule has 0 saturated heterocycles. The molecule has 6 nitrogen and oxygen atoms in total. The second-order valence-electron chi connectivity index (χ2n) is 6.87. The van der Waals surface area contributed by atoms with E-state index in [9.17, 15) is 0 Å². The molecule has 0 atom stereocenters. The van der Waals surface area contributed by atoms with Gasteiger partial charge in [0.2, 0.25) is 0 Å². The van der Waals surface area contributed by atoms with E-state index in [2.05, 4.69) is 32.0 Å². The van der Waals surface area contributed by atoms with Crippen molar-refractivity contribution in [1.29, 1.82) is 0 Å². The number of benzene rings is 3. The summed E-state index contributed by atoms with van der Waals surface area (Å²) in [6.07, 6.45) is 1.74. The molecule has 0 aliphatic rings. The van der Waals surface area contributed by atoms with Crippen LogP contribution >= 0.6 is 15.9 Å². The Labute approximate surface area is 180 Å². The first-order valence-corrected chi connectivity index (χ1v) is 10.1. The quantitative estimate of drug-likeness (QED) is 0.345. The molecule has 1 N–H and O–H groups in total. The second-order valence-corrected chi connectivity index (χ2v) is 7.79. The number of aromatic amines is 1. The minimum atomic E-state index is 0.658. The summed E-state index contributed by atoms with van der Waals surface area (Å²) in [5, 5.41) is 4.14. The van der Waals surface area contributed by atoms with Crippen LogP contribution in [-0.4, -0.2) is 36.3 Å². The van der Waals surface area contributed by atoms with Crippen molar-refractivity contribution in [3.63, 3.8) is 0 Å². The highest BCUT2D eigenvalue weighted by Gasteiger charge is 2.17. The molecule has 2 heterocycles. The van der Waals surface area contributed by atoms with Crippen LogP contribution in [0.3, 0.4) is 0 Å². The van der Waals surface area contributed by atoms with Gasteiger partial charge in [-0.3, -0.25) is 0 Å². The van der Waals surface area contributed by atoms with Crippen LogP contribution in [0, 0.1) is 0 Å². The first kappa shape index (κ1) is 18.7. The van der Waals surface area contributed by atoms with Crippen LogP contribution in [-0.2, 0) is 0 Å². The van der Waals surface area contributed by atoms with E-state index in [0.29, 0.717) is 17.1 Å². The number of fused-ring (bicyclic) bond motifs is 4. The van der Waals surface area contributed by atoms with E-state index in [0.717, 1.165) is 48.7 Å². The van der Waals surface area contributed by atoms with Crippen molar-refractivity contribution in [3.05, 3.63) is 53.1 Å². The van der Waals surface area contributed by atoms with Gasteiger partial charge in [-0.05, 0) is 73.9 Å². The third-order valence-corrected chi connectivity index (χ3v) is 5.66. The van der Waals surface area contributed by atoms with Crippen molar-refractivity contribution in [2.45, 2.75) is 0 Å². The van der Waals surface area contributed by atoms with Crippen molar-refractivity contribution in [2.75, 3.05) is 21.3 Å². The van der Waals surface area contributed by atoms with E-state index < -0.39 is 0 Å². The van der Waals surface area contributed by atoms with Crippen LogP contribution in [0.1, 0.15) is 0 Å². The smallest absolute Gasteiger partial charge is 0.178 e. The zero-order valence-electron chi connectivity index (χ0n) is 16.6. The van der Waals surface area contributed by atoms with Gasteiger partial charge in [0, 0.05) is 16.2 Å². The molecular formula is C23H18BrN3O3. The lowest BCUT2D eigenvalue weighted by Crippen LogP contribution is -1.93. The van der Waals surface area contributed by atoms with Gasteiger partial charge in [-0.15, -0.1) is 0 Å². The summed E-state index contributed by atoms with van der Waals surface area (Å²) < 4.78 is 17.5. The molecule has 0 amide bonds. The molecule has 0 fully saturated rings. The van der Waals surface area contributed by atoms with Crippen molar-refractivity contribution >= 4 is 48.6 Å². The van der Waals surface area contributed by atoms with Gasteiger partial charge >= 0.3 is 0 Å². The summed E-state index contributed by atoms with van der Waals surface area (Å²) in [6, 6.07) is 14.1. The molecule has 0 radical (unpaired) electrons. The maximum absolute atomic E-state index is 5.57. The Hall–Kier alpha value is -3.32. The van der Waals surface area contributed by atoms with Crippen molar-refractivity contribution in [2.24, 2.45) is 0 Å². The number of H-pyrrole nitrogens is 1. The number of hydrogen-bond acceptors (Lipinski definition) is 5. The van der Waals surface area contributed by atoms with Gasteiger partial charge in [0.15, 0.2) is 17.1 Å². The lowest BCUT2D eigenvalue weighted by Gasteiger charge is -2.14. The third kappa shape index (κ3) is 2.93. The third-order valence-electron chi connectivity index (χ3n) is 5.22. The molecule has 0 unspecified atom stereocenters. The molecule has 0 aliphatic carbocycles. The fraction of sp³-hybridized carbons (Fsp3) is 0.130. The van der Waals surface area contributed by atoms with Crippen LogP contribution in [0.25, 0.3) is 44.1 Å². The summed E-state index contributed by atoms with van der Waals surface area (Å²) >= 11 is 3.47. The van der Waals surface area contributed by atoms with E-state index in [4.69, 9.17) is 19.2 Å². The standard InChI is InChI=1S/C23H18BrN3O3/c1-28-14-5-4-12-6-18(22-26-19-7-13(24)11-25-23(19)27-22)17-10-21(30-3)20(29-2)9-16(17)15(12)8-14/h4-11H,1-3H3,(H,25,26,27). The molecule has 0 spiro atoms. The van der Waals surface area contributed by atoms with Crippen molar-refractivity contribution in [1.82, 2.24) is 15.0 Å². The molecular weight excluding hydrogens is 446 g/mol. The summed E-state index contributed by atoms with van der Waals surface area (Å²) in [5.41, 5.74) is 2.48. The number of rotatable bonds is 4. The van der Waals surface area contributed by atoms with Gasteiger partial charge < -0.3 is 19.2 Å². The highest BCUT2D eigenvalue weighted by molar-refractivity contribution is 9.10. The predicted octanol–water partition coefficient (Wildman–Crippen LogP) is 5.72. The SMILES string of the molecule is COc1ccc2cc(-c3nc4ncc(Br)cc4[nH]3)c3cc(OC)c(OC)cc3c2c1. The van der Waals surface area contributed by atoms with Gasteiger partial charge in [0.1, 0.15) is 11.6 Å². The number of halogens is 1. The summed E-state index contributed by atoms with van der Waals surface area (Å²) in [6.45, 7) is 0. The number of nitrogens with one attached hydrogen (secondary N) is 1. The van der Waals surface area contributed by atoms with Crippen LogP contribution in [0.2, 0.25) is 0 Å². The van der Waals surface area contributed by atoms with Crippen molar-refractivity contribution in [3.8, 4) is 28.6 Å². The Balaban J connectivity index is 1.89. The molecule has 5 aromatic rings. The Bertz CT molecular complexity index is 1430. The number of imidazole rings is 1. The summed E-state index contributed by atoms with van der Waals surface area (Å²) in [7, 11) is 4.94. The van der Waals surface area contributed by atoms with Gasteiger partial charge in [-0.25, -0.2) is 9.97 Å². The Morgan fingerprint density at radius 3 is 2.33 bits per heavy atom. The van der Waals surface area contributed by atoms with E-state index >= 15 is 0 Å². The molecule has 7 heteroatoms. The lowest BCUT2D eigenvalue weighted by atomic mass is 9.96. The first-order chi connectivity index (χ1) is 14.6. The number of pyridine rings is 1. The van der Waals surface area contributed by atoms with Crippen LogP contribution in [0.15, 0.2) is 53.1 Å². The van der Waals surface area contributed by atoms with E-state index in [1.807, 2.05) is 36.4 Å². The zero-order chi connectivity index (χ0) is 20.8. The average molecular weight is 464 g/mol. The molecule has 2 aromatic heterocycles. The van der Waals surface area contributed by atoms with E-state index in [1.54, 1.807) is 27.5 Å². The first-order valence-electron chi connectivity index (χ1n) is 9.29. The molecule has 0 aliphatic heterocycles. The molecule has 3 aromatic carbocycles. The minimum absolute atomic E-state index is 0.658. The number of aromatic nitrogens is 3. The van der Waals surface area contributed by atoms with E-state index in [1.165, 1.54) is 0 Å². The van der Waals surface area contributed by atoms with Gasteiger partial charge in [-0.1, -0.05) is 6.07 Å². The largest absolute Gasteiger partial charge is 0.497 e. The minimum Gasteiger partial charge on any atom is -0.497 e. The second kappa shape index (κ2) is 7.18. The van der Waals surface area contributed by atoms with Gasteiger partial charge in [-0.2, -0.15) is 0 Å². The maximum atomic E-state index is 5.57. The van der Waals surface area contributed by atoms with Gasteiger partial charge in [0.05, 0.1) is 26.8 Å². The highest BCUT2D eigenvalue weighted by atomic mass is 79.9. The number of nitrogens with zero attached hydrogens (tertiary/aromatic N) is 2. The maximum Gasteiger partial charge on any atom is 0.178 e. The summed E-state index contributed by atoms with van der Waals surface area (Å²) in [4.78, 5) is 12.5. The zero-order valence-corrected chi connectivity index (χ0v) is 18.2. The fourth-order valence-corrected chi connectivity index (χ4v) is 4.11. The monoisotopic (exact) mass is 463 g/mol. The van der Waals surface area contributed by atoms with Crippen molar-refractivity contribution < 1.29 is 14.2 Å². The Morgan fingerprint density at radius 2 is 1.60 bits per heavy atom. The molecule has 30 heavy (non-hydrogen) atoms. The fourth-order valence-electron chi connectivity index (χ4n) is 3.78. The normalized spacial score (nSPS) is 11.3. The topological polar surface area (TPSA) is 69.3 Å². The molecule has 5 rings (SSSR count). The van der Waals surface area contributed by atoms with Crippen LogP contribution < -0.4 is 14.2 Å². The number of methoxy groups -OCH3 is 3. The predicted molar refractivity (Wildman–Crippen MR) is 122 cm³/mol.